The number of rotatable bonds is 7. The lowest BCUT2D eigenvalue weighted by atomic mass is 10.0. The van der Waals surface area contributed by atoms with E-state index in [0.29, 0.717) is 11.4 Å². The number of carbonyl (C=O) groups excluding carboxylic acids is 1. The number of aryl methyl sites for hydroxylation is 1. The number of benzene rings is 3. The van der Waals surface area contributed by atoms with Crippen LogP contribution in [0.5, 0.6) is 5.75 Å². The number of hydrogen-bond donors (Lipinski definition) is 2. The molecule has 1 atom stereocenters. The quantitative estimate of drug-likeness (QED) is 0.620. The van der Waals surface area contributed by atoms with Gasteiger partial charge in [0.25, 0.3) is 5.91 Å². The zero-order valence-electron chi connectivity index (χ0n) is 15.6. The molecular formula is C23H24N2O2. The summed E-state index contributed by atoms with van der Waals surface area (Å²) in [7, 11) is 1.61. The summed E-state index contributed by atoms with van der Waals surface area (Å²) in [4.78, 5) is 13.1. The molecule has 3 rings (SSSR count). The van der Waals surface area contributed by atoms with E-state index in [-0.39, 0.29) is 5.91 Å². The van der Waals surface area contributed by atoms with E-state index in [4.69, 9.17) is 4.74 Å². The third kappa shape index (κ3) is 4.88. The van der Waals surface area contributed by atoms with Gasteiger partial charge in [0.2, 0.25) is 0 Å². The highest BCUT2D eigenvalue weighted by molar-refractivity contribution is 5.97. The number of methoxy groups -OCH3 is 1. The molecule has 0 saturated carbocycles. The Morgan fingerprint density at radius 2 is 1.67 bits per heavy atom. The SMILES string of the molecule is CCc1cccc(N[C@H](C(=O)Nc2cccc(OC)c2)c2ccccc2)c1. The van der Waals surface area contributed by atoms with E-state index in [1.54, 1.807) is 13.2 Å². The van der Waals surface area contributed by atoms with Crippen LogP contribution in [0.2, 0.25) is 0 Å². The molecule has 0 heterocycles. The smallest absolute Gasteiger partial charge is 0.251 e. The van der Waals surface area contributed by atoms with E-state index in [1.807, 2.05) is 60.7 Å². The van der Waals surface area contributed by atoms with Gasteiger partial charge in [0.05, 0.1) is 7.11 Å². The van der Waals surface area contributed by atoms with Gasteiger partial charge in [-0.3, -0.25) is 4.79 Å². The Kier molecular flexibility index (Phi) is 6.10. The molecule has 27 heavy (non-hydrogen) atoms. The number of hydrogen-bond acceptors (Lipinski definition) is 3. The minimum atomic E-state index is -0.510. The average molecular weight is 360 g/mol. The summed E-state index contributed by atoms with van der Waals surface area (Å²) in [6.07, 6.45) is 0.946. The van der Waals surface area contributed by atoms with Crippen LogP contribution in [0.3, 0.4) is 0 Å². The highest BCUT2D eigenvalue weighted by Gasteiger charge is 2.21. The summed E-state index contributed by atoms with van der Waals surface area (Å²) in [6.45, 7) is 2.11. The summed E-state index contributed by atoms with van der Waals surface area (Å²) < 4.78 is 5.24. The molecule has 0 aliphatic rings. The minimum Gasteiger partial charge on any atom is -0.497 e. The second-order valence-corrected chi connectivity index (χ2v) is 6.26. The predicted molar refractivity (Wildman–Crippen MR) is 110 cm³/mol. The molecule has 0 aliphatic heterocycles. The molecule has 0 fully saturated rings. The molecule has 3 aromatic rings. The second kappa shape index (κ2) is 8.90. The lowest BCUT2D eigenvalue weighted by Crippen LogP contribution is -2.27. The van der Waals surface area contributed by atoms with Gasteiger partial charge in [0, 0.05) is 17.4 Å². The minimum absolute atomic E-state index is 0.128. The molecule has 0 saturated heterocycles. The van der Waals surface area contributed by atoms with E-state index < -0.39 is 6.04 Å². The van der Waals surface area contributed by atoms with Crippen molar-refractivity contribution in [1.29, 1.82) is 0 Å². The largest absolute Gasteiger partial charge is 0.497 e. The Bertz CT molecular complexity index is 894. The molecule has 0 unspecified atom stereocenters. The lowest BCUT2D eigenvalue weighted by Gasteiger charge is -2.20. The molecule has 4 nitrogen and oxygen atoms in total. The van der Waals surface area contributed by atoms with Crippen LogP contribution in [0.15, 0.2) is 78.9 Å². The van der Waals surface area contributed by atoms with Gasteiger partial charge in [-0.25, -0.2) is 0 Å². The van der Waals surface area contributed by atoms with Crippen LogP contribution in [-0.2, 0) is 11.2 Å². The summed E-state index contributed by atoms with van der Waals surface area (Å²) in [5.74, 6) is 0.573. The molecule has 138 valence electrons. The van der Waals surface area contributed by atoms with E-state index in [1.165, 1.54) is 5.56 Å². The molecular weight excluding hydrogens is 336 g/mol. The maximum absolute atomic E-state index is 13.1. The maximum Gasteiger partial charge on any atom is 0.251 e. The predicted octanol–water partition coefficient (Wildman–Crippen LogP) is 5.05. The Morgan fingerprint density at radius 1 is 0.926 bits per heavy atom. The first-order chi connectivity index (χ1) is 13.2. The Balaban J connectivity index is 1.86. The van der Waals surface area contributed by atoms with Gasteiger partial charge in [-0.05, 0) is 41.8 Å². The van der Waals surface area contributed by atoms with Crippen molar-refractivity contribution in [2.75, 3.05) is 17.7 Å². The van der Waals surface area contributed by atoms with Crippen LogP contribution < -0.4 is 15.4 Å². The summed E-state index contributed by atoms with van der Waals surface area (Å²) >= 11 is 0. The van der Waals surface area contributed by atoms with E-state index >= 15 is 0 Å². The van der Waals surface area contributed by atoms with Crippen LogP contribution in [-0.4, -0.2) is 13.0 Å². The molecule has 2 N–H and O–H groups in total. The van der Waals surface area contributed by atoms with Crippen molar-refractivity contribution in [3.8, 4) is 5.75 Å². The Hall–Kier alpha value is -3.27. The molecule has 1 amide bonds. The van der Waals surface area contributed by atoms with Crippen molar-refractivity contribution in [1.82, 2.24) is 0 Å². The molecule has 0 aliphatic carbocycles. The van der Waals surface area contributed by atoms with E-state index in [2.05, 4.69) is 29.7 Å². The zero-order chi connectivity index (χ0) is 19.1. The molecule has 0 spiro atoms. The highest BCUT2D eigenvalue weighted by atomic mass is 16.5. The topological polar surface area (TPSA) is 50.4 Å². The number of carbonyl (C=O) groups is 1. The van der Waals surface area contributed by atoms with Crippen LogP contribution in [0.1, 0.15) is 24.1 Å². The first-order valence-electron chi connectivity index (χ1n) is 9.05. The van der Waals surface area contributed by atoms with Crippen LogP contribution in [0.4, 0.5) is 11.4 Å². The molecule has 0 aromatic heterocycles. The number of nitrogens with one attached hydrogen (secondary N) is 2. The fraction of sp³-hybridized carbons (Fsp3) is 0.174. The fourth-order valence-corrected chi connectivity index (χ4v) is 2.91. The van der Waals surface area contributed by atoms with Crippen molar-refractivity contribution in [2.45, 2.75) is 19.4 Å². The number of ether oxygens (including phenoxy) is 1. The average Bonchev–Trinajstić information content (AvgIpc) is 2.73. The van der Waals surface area contributed by atoms with Gasteiger partial charge in [-0.15, -0.1) is 0 Å². The van der Waals surface area contributed by atoms with Crippen molar-refractivity contribution in [3.05, 3.63) is 90.0 Å². The fourth-order valence-electron chi connectivity index (χ4n) is 2.91. The first kappa shape index (κ1) is 18.5. The van der Waals surface area contributed by atoms with E-state index in [9.17, 15) is 4.79 Å². The van der Waals surface area contributed by atoms with Crippen LogP contribution in [0.25, 0.3) is 0 Å². The monoisotopic (exact) mass is 360 g/mol. The van der Waals surface area contributed by atoms with Gasteiger partial charge >= 0.3 is 0 Å². The molecule has 4 heteroatoms. The van der Waals surface area contributed by atoms with Crippen molar-refractivity contribution in [2.24, 2.45) is 0 Å². The summed E-state index contributed by atoms with van der Waals surface area (Å²) in [5.41, 5.74) is 3.74. The van der Waals surface area contributed by atoms with E-state index in [0.717, 1.165) is 17.7 Å². The third-order valence-corrected chi connectivity index (χ3v) is 4.38. The van der Waals surface area contributed by atoms with Crippen molar-refractivity contribution in [3.63, 3.8) is 0 Å². The van der Waals surface area contributed by atoms with Crippen LogP contribution >= 0.6 is 0 Å². The van der Waals surface area contributed by atoms with Gasteiger partial charge in [0.15, 0.2) is 0 Å². The molecule has 0 radical (unpaired) electrons. The second-order valence-electron chi connectivity index (χ2n) is 6.26. The third-order valence-electron chi connectivity index (χ3n) is 4.38. The first-order valence-corrected chi connectivity index (χ1v) is 9.05. The Labute approximate surface area is 160 Å². The van der Waals surface area contributed by atoms with Gasteiger partial charge in [-0.2, -0.15) is 0 Å². The lowest BCUT2D eigenvalue weighted by molar-refractivity contribution is -0.117. The van der Waals surface area contributed by atoms with Gasteiger partial charge in [0.1, 0.15) is 11.8 Å². The zero-order valence-corrected chi connectivity index (χ0v) is 15.6. The molecule has 0 bridgehead atoms. The van der Waals surface area contributed by atoms with Crippen LogP contribution in [0, 0.1) is 0 Å². The highest BCUT2D eigenvalue weighted by Crippen LogP contribution is 2.24. The van der Waals surface area contributed by atoms with Crippen molar-refractivity contribution < 1.29 is 9.53 Å². The maximum atomic E-state index is 13.1. The number of amides is 1. The number of anilines is 2. The summed E-state index contributed by atoms with van der Waals surface area (Å²) in [6, 6.07) is 24.7. The van der Waals surface area contributed by atoms with Gasteiger partial charge < -0.3 is 15.4 Å². The summed E-state index contributed by atoms with van der Waals surface area (Å²) in [5, 5.41) is 6.36. The molecule has 3 aromatic carbocycles. The normalized spacial score (nSPS) is 11.5. The van der Waals surface area contributed by atoms with Gasteiger partial charge in [-0.1, -0.05) is 55.5 Å². The van der Waals surface area contributed by atoms with Crippen molar-refractivity contribution >= 4 is 17.3 Å². The Morgan fingerprint density at radius 3 is 2.41 bits per heavy atom. The standard InChI is InChI=1S/C23H24N2O2/c1-3-17-9-7-12-19(15-17)24-22(18-10-5-4-6-11-18)23(26)25-20-13-8-14-21(16-20)27-2/h4-16,22,24H,3H2,1-2H3,(H,25,26)/t22-/m0/s1.